The fourth-order valence-corrected chi connectivity index (χ4v) is 3.86. The van der Waals surface area contributed by atoms with Gasteiger partial charge in [0.05, 0.1) is 0 Å². The standard InChI is InChI=1S/C16H19ClN4S/c17-14-3-1-2-12(10-14)11-20-6-8-21(9-7-20)16-18-15(19-22-16)13-4-5-13/h1-3,10,13H,4-9,11H2. The van der Waals surface area contributed by atoms with Crippen molar-refractivity contribution >= 4 is 28.3 Å². The Morgan fingerprint density at radius 1 is 1.18 bits per heavy atom. The van der Waals surface area contributed by atoms with Crippen LogP contribution >= 0.6 is 23.1 Å². The second kappa shape index (κ2) is 6.14. The van der Waals surface area contributed by atoms with Crippen molar-refractivity contribution in [1.29, 1.82) is 0 Å². The van der Waals surface area contributed by atoms with Gasteiger partial charge < -0.3 is 4.90 Å². The van der Waals surface area contributed by atoms with Gasteiger partial charge in [0.1, 0.15) is 5.82 Å². The van der Waals surface area contributed by atoms with E-state index >= 15 is 0 Å². The van der Waals surface area contributed by atoms with Gasteiger partial charge in [-0.25, -0.2) is 4.98 Å². The highest BCUT2D eigenvalue weighted by Crippen LogP contribution is 2.39. The Kier molecular flexibility index (Phi) is 4.03. The lowest BCUT2D eigenvalue weighted by Crippen LogP contribution is -2.45. The number of hydrogen-bond acceptors (Lipinski definition) is 5. The van der Waals surface area contributed by atoms with Crippen molar-refractivity contribution < 1.29 is 0 Å². The zero-order valence-corrected chi connectivity index (χ0v) is 14.0. The molecule has 1 aliphatic heterocycles. The molecule has 2 aromatic rings. The maximum absolute atomic E-state index is 6.06. The number of hydrogen-bond donors (Lipinski definition) is 0. The third-order valence-electron chi connectivity index (χ3n) is 4.31. The van der Waals surface area contributed by atoms with Gasteiger partial charge in [-0.05, 0) is 30.5 Å². The summed E-state index contributed by atoms with van der Waals surface area (Å²) in [6, 6.07) is 8.15. The summed E-state index contributed by atoms with van der Waals surface area (Å²) in [5, 5.41) is 1.92. The van der Waals surface area contributed by atoms with Gasteiger partial charge >= 0.3 is 0 Å². The number of nitrogens with zero attached hydrogens (tertiary/aromatic N) is 4. The lowest BCUT2D eigenvalue weighted by atomic mass is 10.2. The van der Waals surface area contributed by atoms with Gasteiger partial charge in [0.2, 0.25) is 5.13 Å². The minimum Gasteiger partial charge on any atom is -0.344 e. The van der Waals surface area contributed by atoms with Gasteiger partial charge in [-0.2, -0.15) is 4.37 Å². The molecule has 2 heterocycles. The van der Waals surface area contributed by atoms with Crippen molar-refractivity contribution in [3.63, 3.8) is 0 Å². The highest BCUT2D eigenvalue weighted by molar-refractivity contribution is 7.09. The van der Waals surface area contributed by atoms with E-state index in [1.807, 2.05) is 12.1 Å². The highest BCUT2D eigenvalue weighted by atomic mass is 35.5. The van der Waals surface area contributed by atoms with Crippen LogP contribution < -0.4 is 4.90 Å². The maximum Gasteiger partial charge on any atom is 0.205 e. The Balaban J connectivity index is 1.33. The van der Waals surface area contributed by atoms with E-state index in [0.29, 0.717) is 5.92 Å². The van der Waals surface area contributed by atoms with Crippen molar-refractivity contribution in [3.05, 3.63) is 40.7 Å². The van der Waals surface area contributed by atoms with Crippen LogP contribution in [0.25, 0.3) is 0 Å². The maximum atomic E-state index is 6.06. The predicted molar refractivity (Wildman–Crippen MR) is 90.8 cm³/mol. The molecule has 1 aromatic carbocycles. The quantitative estimate of drug-likeness (QED) is 0.858. The van der Waals surface area contributed by atoms with Crippen molar-refractivity contribution in [2.75, 3.05) is 31.1 Å². The second-order valence-electron chi connectivity index (χ2n) is 6.10. The van der Waals surface area contributed by atoms with Crippen LogP contribution in [0, 0.1) is 0 Å². The SMILES string of the molecule is Clc1cccc(CN2CCN(c3nc(C4CC4)ns3)CC2)c1. The van der Waals surface area contributed by atoms with Gasteiger partial charge in [-0.1, -0.05) is 23.7 Å². The fourth-order valence-electron chi connectivity index (χ4n) is 2.85. The summed E-state index contributed by atoms with van der Waals surface area (Å²) in [6.45, 7) is 5.15. The normalized spacial score (nSPS) is 19.6. The van der Waals surface area contributed by atoms with Gasteiger partial charge in [0.25, 0.3) is 0 Å². The molecule has 2 fully saturated rings. The molecule has 0 spiro atoms. The Morgan fingerprint density at radius 2 is 2.00 bits per heavy atom. The van der Waals surface area contributed by atoms with E-state index in [4.69, 9.17) is 16.6 Å². The number of piperazine rings is 1. The summed E-state index contributed by atoms with van der Waals surface area (Å²) in [5.41, 5.74) is 1.29. The molecule has 1 aliphatic carbocycles. The molecule has 0 amide bonds. The number of aromatic nitrogens is 2. The average molecular weight is 335 g/mol. The van der Waals surface area contributed by atoms with E-state index < -0.39 is 0 Å². The topological polar surface area (TPSA) is 32.3 Å². The third kappa shape index (κ3) is 3.26. The number of rotatable bonds is 4. The van der Waals surface area contributed by atoms with Crippen molar-refractivity contribution in [2.24, 2.45) is 0 Å². The minimum absolute atomic E-state index is 0.647. The van der Waals surface area contributed by atoms with Gasteiger partial charge in [-0.3, -0.25) is 4.90 Å². The van der Waals surface area contributed by atoms with E-state index in [9.17, 15) is 0 Å². The molecule has 0 atom stereocenters. The van der Waals surface area contributed by atoms with Crippen molar-refractivity contribution in [3.8, 4) is 0 Å². The van der Waals surface area contributed by atoms with Crippen LogP contribution in [-0.2, 0) is 6.54 Å². The molecule has 0 unspecified atom stereocenters. The van der Waals surface area contributed by atoms with Crippen LogP contribution in [0.4, 0.5) is 5.13 Å². The van der Waals surface area contributed by atoms with E-state index in [2.05, 4.69) is 26.3 Å². The van der Waals surface area contributed by atoms with Crippen LogP contribution in [0.1, 0.15) is 30.1 Å². The first kappa shape index (κ1) is 14.4. The van der Waals surface area contributed by atoms with Crippen LogP contribution in [0.3, 0.4) is 0 Å². The molecule has 1 saturated heterocycles. The lowest BCUT2D eigenvalue weighted by molar-refractivity contribution is 0.250. The second-order valence-corrected chi connectivity index (χ2v) is 7.27. The fraction of sp³-hybridized carbons (Fsp3) is 0.500. The Morgan fingerprint density at radius 3 is 2.73 bits per heavy atom. The number of anilines is 1. The van der Waals surface area contributed by atoms with E-state index in [1.165, 1.54) is 18.4 Å². The van der Waals surface area contributed by atoms with Crippen LogP contribution in [0.2, 0.25) is 5.02 Å². The van der Waals surface area contributed by atoms with Crippen LogP contribution in [0.15, 0.2) is 24.3 Å². The summed E-state index contributed by atoms with van der Waals surface area (Å²) in [7, 11) is 0. The van der Waals surface area contributed by atoms with Crippen molar-refractivity contribution in [1.82, 2.24) is 14.3 Å². The summed E-state index contributed by atoms with van der Waals surface area (Å²) in [5.74, 6) is 1.72. The van der Waals surface area contributed by atoms with E-state index in [-0.39, 0.29) is 0 Å². The monoisotopic (exact) mass is 334 g/mol. The molecule has 22 heavy (non-hydrogen) atoms. The first-order chi connectivity index (χ1) is 10.8. The van der Waals surface area contributed by atoms with Crippen LogP contribution in [0.5, 0.6) is 0 Å². The van der Waals surface area contributed by atoms with Crippen LogP contribution in [-0.4, -0.2) is 40.4 Å². The molecule has 6 heteroatoms. The lowest BCUT2D eigenvalue weighted by Gasteiger charge is -2.34. The zero-order chi connectivity index (χ0) is 14.9. The summed E-state index contributed by atoms with van der Waals surface area (Å²) >= 11 is 7.62. The largest absolute Gasteiger partial charge is 0.344 e. The number of benzene rings is 1. The molecule has 1 saturated carbocycles. The van der Waals surface area contributed by atoms with Gasteiger partial charge in [0, 0.05) is 55.2 Å². The molecular weight excluding hydrogens is 316 g/mol. The zero-order valence-electron chi connectivity index (χ0n) is 12.4. The van der Waals surface area contributed by atoms with Gasteiger partial charge in [-0.15, -0.1) is 0 Å². The highest BCUT2D eigenvalue weighted by Gasteiger charge is 2.29. The molecule has 0 radical (unpaired) electrons. The molecule has 4 nitrogen and oxygen atoms in total. The minimum atomic E-state index is 0.647. The Hall–Kier alpha value is -1.17. The number of halogens is 1. The first-order valence-corrected chi connectivity index (χ1v) is 8.98. The third-order valence-corrected chi connectivity index (χ3v) is 5.34. The molecular formula is C16H19ClN4S. The Bertz CT molecular complexity index is 647. The predicted octanol–water partition coefficient (Wildman–Crippen LogP) is 3.39. The average Bonchev–Trinajstić information content (AvgIpc) is 3.26. The molecule has 0 bridgehead atoms. The molecule has 4 rings (SSSR count). The Labute approximate surface area is 139 Å². The van der Waals surface area contributed by atoms with Crippen molar-refractivity contribution in [2.45, 2.75) is 25.3 Å². The molecule has 0 N–H and O–H groups in total. The summed E-state index contributed by atoms with van der Waals surface area (Å²) in [4.78, 5) is 9.56. The molecule has 116 valence electrons. The first-order valence-electron chi connectivity index (χ1n) is 7.83. The summed E-state index contributed by atoms with van der Waals surface area (Å²) in [6.07, 6.45) is 2.53. The van der Waals surface area contributed by atoms with Gasteiger partial charge in [0.15, 0.2) is 0 Å². The smallest absolute Gasteiger partial charge is 0.205 e. The molecule has 1 aromatic heterocycles. The molecule has 2 aliphatic rings. The summed E-state index contributed by atoms with van der Waals surface area (Å²) < 4.78 is 4.51. The van der Waals surface area contributed by atoms with E-state index in [0.717, 1.165) is 48.7 Å². The van der Waals surface area contributed by atoms with E-state index in [1.54, 1.807) is 11.5 Å².